The molecule has 2 nitrogen and oxygen atoms in total. The van der Waals surface area contributed by atoms with E-state index in [9.17, 15) is 0 Å². The lowest BCUT2D eigenvalue weighted by Crippen LogP contribution is -2.10. The van der Waals surface area contributed by atoms with Crippen molar-refractivity contribution in [3.05, 3.63) is 41.2 Å². The maximum absolute atomic E-state index is 5.58. The van der Waals surface area contributed by atoms with Crippen LogP contribution in [0.4, 0.5) is 5.69 Å². The van der Waals surface area contributed by atoms with Gasteiger partial charge in [0, 0.05) is 22.5 Å². The summed E-state index contributed by atoms with van der Waals surface area (Å²) in [6.07, 6.45) is 0. The Kier molecular flexibility index (Phi) is 2.07. The molecule has 1 N–H and O–H groups in total. The van der Waals surface area contributed by atoms with Crippen LogP contribution < -0.4 is 5.32 Å². The van der Waals surface area contributed by atoms with Crippen molar-refractivity contribution in [1.82, 2.24) is 0 Å². The van der Waals surface area contributed by atoms with Crippen molar-refractivity contribution in [2.75, 3.05) is 5.32 Å². The molecule has 0 radical (unpaired) electrons. The zero-order valence-electron chi connectivity index (χ0n) is 7.21. The number of nitrogens with zero attached hydrogens (tertiary/aromatic N) is 1. The van der Waals surface area contributed by atoms with Crippen LogP contribution in [-0.4, -0.2) is 5.71 Å². The van der Waals surface area contributed by atoms with Gasteiger partial charge in [-0.05, 0) is 13.0 Å². The molecule has 0 aromatic heterocycles. The van der Waals surface area contributed by atoms with E-state index < -0.39 is 0 Å². The van der Waals surface area contributed by atoms with E-state index >= 15 is 0 Å². The molecule has 0 aliphatic carbocycles. The molecule has 0 spiro atoms. The van der Waals surface area contributed by atoms with Crippen LogP contribution in [0, 0.1) is 0 Å². The lowest BCUT2D eigenvalue weighted by atomic mass is 10.1. The maximum Gasteiger partial charge on any atom is 0.142 e. The summed E-state index contributed by atoms with van der Waals surface area (Å²) in [5, 5.41) is 3.12. The second-order valence-corrected chi connectivity index (χ2v) is 3.08. The Morgan fingerprint density at radius 1 is 1.38 bits per heavy atom. The molecule has 13 heavy (non-hydrogen) atoms. The van der Waals surface area contributed by atoms with E-state index in [2.05, 4.69) is 10.3 Å². The minimum Gasteiger partial charge on any atom is -0.339 e. The SMILES string of the molecule is CC1=N/C(=C\Cl)Nc2ccccc21. The smallest absolute Gasteiger partial charge is 0.142 e. The highest BCUT2D eigenvalue weighted by Gasteiger charge is 2.11. The summed E-state index contributed by atoms with van der Waals surface area (Å²) in [6.45, 7) is 1.97. The van der Waals surface area contributed by atoms with Crippen LogP contribution in [0.25, 0.3) is 0 Å². The van der Waals surface area contributed by atoms with Gasteiger partial charge in [-0.1, -0.05) is 29.8 Å². The maximum atomic E-state index is 5.58. The third kappa shape index (κ3) is 1.45. The first-order valence-electron chi connectivity index (χ1n) is 4.03. The van der Waals surface area contributed by atoms with Crippen LogP contribution in [0.15, 0.2) is 40.6 Å². The van der Waals surface area contributed by atoms with Crippen molar-refractivity contribution in [3.8, 4) is 0 Å². The summed E-state index contributed by atoms with van der Waals surface area (Å²) in [7, 11) is 0. The molecule has 66 valence electrons. The largest absolute Gasteiger partial charge is 0.339 e. The lowest BCUT2D eigenvalue weighted by molar-refractivity contribution is 1.26. The van der Waals surface area contributed by atoms with Gasteiger partial charge in [-0.3, -0.25) is 0 Å². The van der Waals surface area contributed by atoms with Crippen molar-refractivity contribution in [3.63, 3.8) is 0 Å². The number of hydrogen-bond acceptors (Lipinski definition) is 2. The normalized spacial score (nSPS) is 17.7. The van der Waals surface area contributed by atoms with Crippen molar-refractivity contribution < 1.29 is 0 Å². The molecular formula is C10H9ClN2. The molecule has 2 rings (SSSR count). The van der Waals surface area contributed by atoms with E-state index in [0.29, 0.717) is 5.82 Å². The molecule has 0 atom stereocenters. The first kappa shape index (κ1) is 8.32. The number of para-hydroxylation sites is 1. The predicted octanol–water partition coefficient (Wildman–Crippen LogP) is 2.96. The second-order valence-electron chi connectivity index (χ2n) is 2.86. The summed E-state index contributed by atoms with van der Waals surface area (Å²) in [6, 6.07) is 8.02. The molecular weight excluding hydrogens is 184 g/mol. The summed E-state index contributed by atoms with van der Waals surface area (Å²) < 4.78 is 0. The molecule has 0 fully saturated rings. The molecule has 0 bridgehead atoms. The fraction of sp³-hybridized carbons (Fsp3) is 0.100. The minimum absolute atomic E-state index is 0.692. The zero-order chi connectivity index (χ0) is 9.26. The molecule has 0 unspecified atom stereocenters. The van der Waals surface area contributed by atoms with Gasteiger partial charge < -0.3 is 5.32 Å². The number of benzene rings is 1. The molecule has 1 aromatic carbocycles. The van der Waals surface area contributed by atoms with E-state index in [4.69, 9.17) is 11.6 Å². The Morgan fingerprint density at radius 2 is 2.15 bits per heavy atom. The molecule has 3 heteroatoms. The van der Waals surface area contributed by atoms with Gasteiger partial charge in [-0.25, -0.2) is 4.99 Å². The Labute approximate surface area is 81.9 Å². The van der Waals surface area contributed by atoms with Crippen molar-refractivity contribution >= 4 is 23.0 Å². The molecule has 1 aliphatic heterocycles. The third-order valence-electron chi connectivity index (χ3n) is 1.97. The van der Waals surface area contributed by atoms with E-state index in [0.717, 1.165) is 17.0 Å². The Bertz CT molecular complexity index is 394. The second kappa shape index (κ2) is 3.23. The summed E-state index contributed by atoms with van der Waals surface area (Å²) in [5.74, 6) is 0.692. The van der Waals surface area contributed by atoms with Gasteiger partial charge in [0.15, 0.2) is 0 Å². The fourth-order valence-corrected chi connectivity index (χ4v) is 1.47. The first-order valence-corrected chi connectivity index (χ1v) is 4.47. The predicted molar refractivity (Wildman–Crippen MR) is 56.2 cm³/mol. The van der Waals surface area contributed by atoms with Gasteiger partial charge in [0.25, 0.3) is 0 Å². The van der Waals surface area contributed by atoms with Crippen LogP contribution in [0.1, 0.15) is 12.5 Å². The van der Waals surface area contributed by atoms with E-state index in [1.165, 1.54) is 5.54 Å². The quantitative estimate of drug-likeness (QED) is 0.672. The van der Waals surface area contributed by atoms with Crippen molar-refractivity contribution in [2.45, 2.75) is 6.92 Å². The standard InChI is InChI=1S/C10H9ClN2/c1-7-8-4-2-3-5-9(8)13-10(6-11)12-7/h2-6,13H,1H3/b10-6+. The Morgan fingerprint density at radius 3 is 2.92 bits per heavy atom. The van der Waals surface area contributed by atoms with Gasteiger partial charge >= 0.3 is 0 Å². The van der Waals surface area contributed by atoms with Crippen LogP contribution in [0.5, 0.6) is 0 Å². The number of fused-ring (bicyclic) bond motifs is 1. The topological polar surface area (TPSA) is 24.4 Å². The van der Waals surface area contributed by atoms with Gasteiger partial charge in [0.2, 0.25) is 0 Å². The van der Waals surface area contributed by atoms with E-state index in [-0.39, 0.29) is 0 Å². The minimum atomic E-state index is 0.692. The number of nitrogens with one attached hydrogen (secondary N) is 1. The Balaban J connectivity index is 2.55. The monoisotopic (exact) mass is 192 g/mol. The highest BCUT2D eigenvalue weighted by atomic mass is 35.5. The molecule has 1 aliphatic rings. The summed E-state index contributed by atoms with van der Waals surface area (Å²) >= 11 is 5.58. The van der Waals surface area contributed by atoms with Crippen molar-refractivity contribution in [2.24, 2.45) is 4.99 Å². The van der Waals surface area contributed by atoms with Crippen LogP contribution in [0.3, 0.4) is 0 Å². The summed E-state index contributed by atoms with van der Waals surface area (Å²) in [4.78, 5) is 4.28. The fourth-order valence-electron chi connectivity index (χ4n) is 1.37. The molecule has 1 aromatic rings. The average Bonchev–Trinajstić information content (AvgIpc) is 2.18. The average molecular weight is 193 g/mol. The van der Waals surface area contributed by atoms with Crippen LogP contribution in [0.2, 0.25) is 0 Å². The van der Waals surface area contributed by atoms with E-state index in [1.54, 1.807) is 0 Å². The zero-order valence-corrected chi connectivity index (χ0v) is 7.97. The van der Waals surface area contributed by atoms with Gasteiger partial charge in [-0.2, -0.15) is 0 Å². The van der Waals surface area contributed by atoms with Gasteiger partial charge in [-0.15, -0.1) is 0 Å². The first-order chi connectivity index (χ1) is 6.31. The lowest BCUT2D eigenvalue weighted by Gasteiger charge is -2.17. The number of aliphatic imine (C=N–C) groups is 1. The van der Waals surface area contributed by atoms with Crippen LogP contribution in [-0.2, 0) is 0 Å². The molecule has 0 saturated carbocycles. The Hall–Kier alpha value is -1.28. The number of rotatable bonds is 0. The van der Waals surface area contributed by atoms with Gasteiger partial charge in [0.05, 0.1) is 0 Å². The molecule has 0 saturated heterocycles. The van der Waals surface area contributed by atoms with Gasteiger partial charge in [0.1, 0.15) is 5.82 Å². The van der Waals surface area contributed by atoms with E-state index in [1.807, 2.05) is 31.2 Å². The highest BCUT2D eigenvalue weighted by molar-refractivity contribution is 6.26. The summed E-state index contributed by atoms with van der Waals surface area (Å²) in [5.41, 5.74) is 4.62. The molecule has 1 heterocycles. The number of hydrogen-bond donors (Lipinski definition) is 1. The van der Waals surface area contributed by atoms with Crippen molar-refractivity contribution in [1.29, 1.82) is 0 Å². The van der Waals surface area contributed by atoms with Crippen LogP contribution >= 0.6 is 11.6 Å². The highest BCUT2D eigenvalue weighted by Crippen LogP contribution is 2.23. The number of anilines is 1. The number of halogens is 1. The third-order valence-corrected chi connectivity index (χ3v) is 2.18. The molecule has 0 amide bonds.